The van der Waals surface area contributed by atoms with E-state index < -0.39 is 18.8 Å². The van der Waals surface area contributed by atoms with Crippen molar-refractivity contribution in [2.24, 2.45) is 0 Å². The van der Waals surface area contributed by atoms with Crippen molar-refractivity contribution in [1.82, 2.24) is 10.4 Å². The number of nitrogens with zero attached hydrogens (tertiary/aromatic N) is 1. The highest BCUT2D eigenvalue weighted by atomic mass is 31.2. The zero-order chi connectivity index (χ0) is 11.4. The summed E-state index contributed by atoms with van der Waals surface area (Å²) in [5, 5.41) is 11.5. The Morgan fingerprint density at radius 1 is 1.50 bits per heavy atom. The maximum absolute atomic E-state index is 10.9. The number of carbonyl (C=O) groups excluding carboxylic acids is 2. The lowest BCUT2D eigenvalue weighted by Gasteiger charge is -2.13. The average Bonchev–Trinajstić information content (AvgIpc) is 2.01. The standard InChI is InChI=1S/C6H13N2O5P/c1-5(9)8(11)4-7-3-6(10)14(2,12)13/h7,11H,3-4H2,1-2H3,(H,12,13). The molecular weight excluding hydrogens is 211 g/mol. The third-order valence-corrected chi connectivity index (χ3v) is 2.45. The zero-order valence-corrected chi connectivity index (χ0v) is 8.82. The summed E-state index contributed by atoms with van der Waals surface area (Å²) in [6, 6.07) is 0. The first-order valence-corrected chi connectivity index (χ1v) is 5.87. The second-order valence-corrected chi connectivity index (χ2v) is 5.03. The van der Waals surface area contributed by atoms with E-state index in [-0.39, 0.29) is 13.2 Å². The summed E-state index contributed by atoms with van der Waals surface area (Å²) in [5.74, 6) is -0.589. The van der Waals surface area contributed by atoms with Gasteiger partial charge in [-0.2, -0.15) is 0 Å². The van der Waals surface area contributed by atoms with E-state index in [9.17, 15) is 14.2 Å². The Labute approximate surface area is 81.1 Å². The van der Waals surface area contributed by atoms with Gasteiger partial charge in [0.15, 0.2) is 0 Å². The van der Waals surface area contributed by atoms with Gasteiger partial charge in [0.05, 0.1) is 13.2 Å². The molecule has 0 aromatic rings. The van der Waals surface area contributed by atoms with Gasteiger partial charge in [-0.25, -0.2) is 5.06 Å². The van der Waals surface area contributed by atoms with E-state index in [0.717, 1.165) is 13.6 Å². The van der Waals surface area contributed by atoms with Crippen molar-refractivity contribution in [3.63, 3.8) is 0 Å². The summed E-state index contributed by atoms with van der Waals surface area (Å²) in [4.78, 5) is 30.1. The average molecular weight is 224 g/mol. The fourth-order valence-corrected chi connectivity index (χ4v) is 0.932. The van der Waals surface area contributed by atoms with Gasteiger partial charge in [0.1, 0.15) is 0 Å². The molecule has 0 aliphatic rings. The van der Waals surface area contributed by atoms with Crippen molar-refractivity contribution in [3.8, 4) is 0 Å². The smallest absolute Gasteiger partial charge is 0.262 e. The van der Waals surface area contributed by atoms with Gasteiger partial charge < -0.3 is 4.89 Å². The van der Waals surface area contributed by atoms with Crippen molar-refractivity contribution >= 4 is 18.8 Å². The van der Waals surface area contributed by atoms with E-state index in [0.29, 0.717) is 5.06 Å². The molecule has 0 aliphatic heterocycles. The van der Waals surface area contributed by atoms with Crippen molar-refractivity contribution in [1.29, 1.82) is 0 Å². The Morgan fingerprint density at radius 3 is 2.36 bits per heavy atom. The molecule has 0 aliphatic carbocycles. The van der Waals surface area contributed by atoms with E-state index in [1.165, 1.54) is 0 Å². The van der Waals surface area contributed by atoms with E-state index in [4.69, 9.17) is 10.1 Å². The van der Waals surface area contributed by atoms with E-state index in [2.05, 4.69) is 5.32 Å². The van der Waals surface area contributed by atoms with Crippen LogP contribution in [0.3, 0.4) is 0 Å². The fraction of sp³-hybridized carbons (Fsp3) is 0.667. The topological polar surface area (TPSA) is 107 Å². The van der Waals surface area contributed by atoms with Crippen LogP contribution in [0.4, 0.5) is 0 Å². The predicted molar refractivity (Wildman–Crippen MR) is 47.9 cm³/mol. The molecule has 0 radical (unpaired) electrons. The third kappa shape index (κ3) is 5.08. The van der Waals surface area contributed by atoms with E-state index in [1.54, 1.807) is 0 Å². The minimum atomic E-state index is -3.73. The summed E-state index contributed by atoms with van der Waals surface area (Å²) >= 11 is 0. The number of rotatable bonds is 5. The van der Waals surface area contributed by atoms with Crippen LogP contribution in [0.15, 0.2) is 0 Å². The van der Waals surface area contributed by atoms with Gasteiger partial charge in [0, 0.05) is 13.6 Å². The van der Waals surface area contributed by atoms with Crippen LogP contribution in [-0.2, 0) is 14.2 Å². The van der Waals surface area contributed by atoms with Crippen LogP contribution < -0.4 is 5.32 Å². The molecule has 0 bridgehead atoms. The molecule has 0 aromatic heterocycles. The minimum absolute atomic E-state index is 0.263. The van der Waals surface area contributed by atoms with Crippen molar-refractivity contribution in [2.75, 3.05) is 19.9 Å². The number of hydrogen-bond donors (Lipinski definition) is 3. The van der Waals surface area contributed by atoms with E-state index in [1.807, 2.05) is 0 Å². The van der Waals surface area contributed by atoms with Crippen LogP contribution in [0.1, 0.15) is 6.92 Å². The van der Waals surface area contributed by atoms with Gasteiger partial charge >= 0.3 is 0 Å². The molecule has 8 heteroatoms. The summed E-state index contributed by atoms with van der Waals surface area (Å²) in [6.45, 7) is 1.44. The highest BCUT2D eigenvalue weighted by molar-refractivity contribution is 7.74. The summed E-state index contributed by atoms with van der Waals surface area (Å²) in [5.41, 5.74) is -0.852. The Kier molecular flexibility index (Phi) is 4.93. The molecular formula is C6H13N2O5P. The fourth-order valence-electron chi connectivity index (χ4n) is 0.527. The molecule has 0 heterocycles. The lowest BCUT2D eigenvalue weighted by Crippen LogP contribution is -2.37. The van der Waals surface area contributed by atoms with Gasteiger partial charge in [-0.15, -0.1) is 0 Å². The Bertz CT molecular complexity index is 273. The van der Waals surface area contributed by atoms with Gasteiger partial charge in [0.25, 0.3) is 7.37 Å². The van der Waals surface area contributed by atoms with Gasteiger partial charge in [0.2, 0.25) is 11.4 Å². The number of hydroxylamine groups is 2. The Morgan fingerprint density at radius 2 is 2.00 bits per heavy atom. The van der Waals surface area contributed by atoms with Crippen molar-refractivity contribution < 1.29 is 24.3 Å². The normalized spacial score (nSPS) is 14.6. The lowest BCUT2D eigenvalue weighted by atomic mass is 10.6. The van der Waals surface area contributed by atoms with Gasteiger partial charge in [-0.1, -0.05) is 0 Å². The quantitative estimate of drug-likeness (QED) is 0.244. The first-order chi connectivity index (χ1) is 6.25. The van der Waals surface area contributed by atoms with Gasteiger partial charge in [-0.3, -0.25) is 24.7 Å². The molecule has 1 atom stereocenters. The monoisotopic (exact) mass is 224 g/mol. The molecule has 82 valence electrons. The zero-order valence-electron chi connectivity index (χ0n) is 7.93. The van der Waals surface area contributed by atoms with Crippen LogP contribution in [0, 0.1) is 0 Å². The maximum Gasteiger partial charge on any atom is 0.262 e. The van der Waals surface area contributed by atoms with Gasteiger partial charge in [-0.05, 0) is 0 Å². The minimum Gasteiger partial charge on any atom is -0.339 e. The summed E-state index contributed by atoms with van der Waals surface area (Å²) in [7, 11) is -3.73. The molecule has 0 spiro atoms. The summed E-state index contributed by atoms with van der Waals surface area (Å²) < 4.78 is 10.7. The molecule has 1 amide bonds. The van der Waals surface area contributed by atoms with E-state index >= 15 is 0 Å². The molecule has 7 nitrogen and oxygen atoms in total. The maximum atomic E-state index is 10.9. The molecule has 14 heavy (non-hydrogen) atoms. The molecule has 0 aromatic carbocycles. The SMILES string of the molecule is CC(=O)N(O)CNCC(=O)P(C)(=O)O. The second-order valence-electron chi connectivity index (χ2n) is 2.78. The summed E-state index contributed by atoms with van der Waals surface area (Å²) in [6.07, 6.45) is 0. The molecule has 0 rings (SSSR count). The second kappa shape index (κ2) is 5.21. The number of amides is 1. The van der Waals surface area contributed by atoms with Crippen molar-refractivity contribution in [3.05, 3.63) is 0 Å². The first kappa shape index (κ1) is 13.2. The highest BCUT2D eigenvalue weighted by Crippen LogP contribution is 2.35. The Balaban J connectivity index is 3.82. The van der Waals surface area contributed by atoms with Crippen LogP contribution in [0.5, 0.6) is 0 Å². The third-order valence-electron chi connectivity index (χ3n) is 1.36. The molecule has 3 N–H and O–H groups in total. The van der Waals surface area contributed by atoms with Crippen LogP contribution in [0.25, 0.3) is 0 Å². The largest absolute Gasteiger partial charge is 0.339 e. The lowest BCUT2D eigenvalue weighted by molar-refractivity contribution is -0.164. The molecule has 0 saturated heterocycles. The molecule has 1 unspecified atom stereocenters. The van der Waals surface area contributed by atoms with Crippen LogP contribution >= 0.6 is 7.37 Å². The Hall–Kier alpha value is -0.750. The highest BCUT2D eigenvalue weighted by Gasteiger charge is 2.21. The molecule has 0 fully saturated rings. The number of nitrogens with one attached hydrogen (secondary N) is 1. The van der Waals surface area contributed by atoms with Crippen molar-refractivity contribution in [2.45, 2.75) is 6.92 Å². The first-order valence-electron chi connectivity index (χ1n) is 3.76. The van der Waals surface area contributed by atoms with Crippen LogP contribution in [0.2, 0.25) is 0 Å². The molecule has 0 saturated carbocycles. The predicted octanol–water partition coefficient (Wildman–Crippen LogP) is -0.802. The number of carbonyl (C=O) groups is 2. The van der Waals surface area contributed by atoms with Crippen LogP contribution in [-0.4, -0.2) is 46.5 Å². The number of hydrogen-bond acceptors (Lipinski definition) is 5.